The fourth-order valence-electron chi connectivity index (χ4n) is 4.39. The van der Waals surface area contributed by atoms with E-state index < -0.39 is 15.1 Å². The minimum atomic E-state index is -3.39. The summed E-state index contributed by atoms with van der Waals surface area (Å²) in [6, 6.07) is 17.2. The van der Waals surface area contributed by atoms with Crippen molar-refractivity contribution in [3.63, 3.8) is 0 Å². The molecule has 2 heterocycles. The van der Waals surface area contributed by atoms with E-state index in [2.05, 4.69) is 6.07 Å². The van der Waals surface area contributed by atoms with E-state index in [0.717, 1.165) is 12.8 Å². The number of sulfone groups is 1. The second kappa shape index (κ2) is 6.82. The molecule has 2 aliphatic rings. The summed E-state index contributed by atoms with van der Waals surface area (Å²) in [5, 5.41) is 8.61. The molecule has 27 heavy (non-hydrogen) atoms. The second-order valence-electron chi connectivity index (χ2n) is 7.24. The van der Waals surface area contributed by atoms with E-state index in [1.54, 1.807) is 54.6 Å². The van der Waals surface area contributed by atoms with E-state index in [-0.39, 0.29) is 18.0 Å². The van der Waals surface area contributed by atoms with Gasteiger partial charge in [-0.1, -0.05) is 24.3 Å². The van der Waals surface area contributed by atoms with E-state index in [4.69, 9.17) is 5.26 Å². The molecule has 0 saturated carbocycles. The van der Waals surface area contributed by atoms with Crippen LogP contribution in [0, 0.1) is 11.3 Å². The Balaban J connectivity index is 1.58. The molecule has 138 valence electrons. The zero-order chi connectivity index (χ0) is 19.0. The van der Waals surface area contributed by atoms with Gasteiger partial charge in [0.05, 0.1) is 21.8 Å². The van der Waals surface area contributed by atoms with Crippen LogP contribution in [0.5, 0.6) is 0 Å². The summed E-state index contributed by atoms with van der Waals surface area (Å²) >= 11 is 0. The van der Waals surface area contributed by atoms with Crippen LogP contribution in [0.4, 0.5) is 0 Å². The van der Waals surface area contributed by atoms with E-state index in [1.807, 2.05) is 4.90 Å². The number of fused-ring (bicyclic) bond motifs is 2. The van der Waals surface area contributed by atoms with E-state index >= 15 is 0 Å². The van der Waals surface area contributed by atoms with Crippen LogP contribution in [0.25, 0.3) is 0 Å². The molecule has 6 heteroatoms. The minimum Gasteiger partial charge on any atom is -0.333 e. The molecule has 2 atom stereocenters. The van der Waals surface area contributed by atoms with Crippen LogP contribution in [0.1, 0.15) is 41.6 Å². The Labute approximate surface area is 159 Å². The predicted octanol–water partition coefficient (Wildman–Crippen LogP) is 3.17. The highest BCUT2D eigenvalue weighted by atomic mass is 32.2. The highest BCUT2D eigenvalue weighted by molar-refractivity contribution is 7.92. The van der Waals surface area contributed by atoms with Gasteiger partial charge >= 0.3 is 0 Å². The van der Waals surface area contributed by atoms with Crippen molar-refractivity contribution in [2.75, 3.05) is 0 Å². The molecule has 0 N–H and O–H groups in total. The van der Waals surface area contributed by atoms with Crippen LogP contribution in [-0.2, 0) is 9.84 Å². The fourth-order valence-corrected chi connectivity index (χ4v) is 6.26. The molecular weight excluding hydrogens is 360 g/mol. The topological polar surface area (TPSA) is 78.2 Å². The molecule has 2 aromatic rings. The number of hydrogen-bond donors (Lipinski definition) is 0. The van der Waals surface area contributed by atoms with Gasteiger partial charge in [-0.15, -0.1) is 0 Å². The number of hydrogen-bond acceptors (Lipinski definition) is 4. The van der Waals surface area contributed by atoms with Crippen LogP contribution < -0.4 is 0 Å². The molecule has 2 aromatic carbocycles. The maximum Gasteiger partial charge on any atom is 0.254 e. The van der Waals surface area contributed by atoms with Gasteiger partial charge < -0.3 is 4.90 Å². The number of benzene rings is 2. The predicted molar refractivity (Wildman–Crippen MR) is 101 cm³/mol. The van der Waals surface area contributed by atoms with Crippen molar-refractivity contribution in [2.24, 2.45) is 0 Å². The summed E-state index contributed by atoms with van der Waals surface area (Å²) in [6.45, 7) is 0. The van der Waals surface area contributed by atoms with E-state index in [1.165, 1.54) is 0 Å². The number of nitrogens with zero attached hydrogens (tertiary/aromatic N) is 2. The molecule has 0 aliphatic carbocycles. The largest absolute Gasteiger partial charge is 0.333 e. The Morgan fingerprint density at radius 3 is 2.30 bits per heavy atom. The third kappa shape index (κ3) is 3.13. The molecule has 0 spiro atoms. The number of carbonyl (C=O) groups excluding carboxylic acids is 1. The molecule has 2 saturated heterocycles. The lowest BCUT2D eigenvalue weighted by Gasteiger charge is -2.38. The lowest BCUT2D eigenvalue weighted by Crippen LogP contribution is -2.49. The molecule has 5 nitrogen and oxygen atoms in total. The van der Waals surface area contributed by atoms with Crippen LogP contribution in [0.3, 0.4) is 0 Å². The Morgan fingerprint density at radius 1 is 1.00 bits per heavy atom. The van der Waals surface area contributed by atoms with Crippen molar-refractivity contribution in [1.29, 1.82) is 5.26 Å². The maximum atomic E-state index is 13.0. The molecular formula is C21H20N2O3S. The van der Waals surface area contributed by atoms with E-state index in [0.29, 0.717) is 28.9 Å². The first-order valence-electron chi connectivity index (χ1n) is 9.12. The first-order chi connectivity index (χ1) is 13.0. The second-order valence-corrected chi connectivity index (χ2v) is 9.47. The lowest BCUT2D eigenvalue weighted by molar-refractivity contribution is 0.0598. The fraction of sp³-hybridized carbons (Fsp3) is 0.333. The van der Waals surface area contributed by atoms with Crippen LogP contribution in [0.15, 0.2) is 59.5 Å². The lowest BCUT2D eigenvalue weighted by atomic mass is 10.0. The van der Waals surface area contributed by atoms with Crippen molar-refractivity contribution in [3.8, 4) is 6.07 Å². The van der Waals surface area contributed by atoms with Gasteiger partial charge in [0.25, 0.3) is 5.91 Å². The molecule has 4 rings (SSSR count). The standard InChI is InChI=1S/C21H20N2O3S/c22-14-15-5-4-6-16(11-15)21(24)23-17-9-10-18(23)13-20(12-17)27(25,26)19-7-2-1-3-8-19/h1-8,11,17-18,20H,9-10,12-13H2. The smallest absolute Gasteiger partial charge is 0.254 e. The number of amides is 1. The average Bonchev–Trinajstić information content (AvgIpc) is 2.96. The van der Waals surface area contributed by atoms with Gasteiger partial charge in [0, 0.05) is 17.6 Å². The molecule has 2 bridgehead atoms. The molecule has 2 fully saturated rings. The number of piperidine rings is 1. The first-order valence-corrected chi connectivity index (χ1v) is 10.7. The quantitative estimate of drug-likeness (QED) is 0.819. The third-order valence-corrected chi connectivity index (χ3v) is 7.87. The Hall–Kier alpha value is -2.65. The molecule has 0 aromatic heterocycles. The van der Waals surface area contributed by atoms with Crippen molar-refractivity contribution >= 4 is 15.7 Å². The zero-order valence-corrected chi connectivity index (χ0v) is 15.6. The Kier molecular flexibility index (Phi) is 4.48. The van der Waals surface area contributed by atoms with Crippen LogP contribution >= 0.6 is 0 Å². The van der Waals surface area contributed by atoms with Gasteiger partial charge in [0.2, 0.25) is 0 Å². The summed E-state index contributed by atoms with van der Waals surface area (Å²) in [7, 11) is -3.39. The zero-order valence-electron chi connectivity index (χ0n) is 14.8. The normalized spacial score (nSPS) is 24.4. The summed E-state index contributed by atoms with van der Waals surface area (Å²) < 4.78 is 26.0. The third-order valence-electron chi connectivity index (χ3n) is 5.67. The van der Waals surface area contributed by atoms with Crippen molar-refractivity contribution in [1.82, 2.24) is 4.90 Å². The van der Waals surface area contributed by atoms with Gasteiger partial charge in [-0.25, -0.2) is 8.42 Å². The summed E-state index contributed by atoms with van der Waals surface area (Å²) in [5.41, 5.74) is 0.949. The molecule has 2 aliphatic heterocycles. The Morgan fingerprint density at radius 2 is 1.67 bits per heavy atom. The highest BCUT2D eigenvalue weighted by Gasteiger charge is 2.47. The van der Waals surface area contributed by atoms with Crippen molar-refractivity contribution in [3.05, 3.63) is 65.7 Å². The van der Waals surface area contributed by atoms with E-state index in [9.17, 15) is 13.2 Å². The van der Waals surface area contributed by atoms with Crippen LogP contribution in [0.2, 0.25) is 0 Å². The van der Waals surface area contributed by atoms with Gasteiger partial charge in [0.15, 0.2) is 9.84 Å². The molecule has 0 radical (unpaired) electrons. The molecule has 2 unspecified atom stereocenters. The number of carbonyl (C=O) groups is 1. The monoisotopic (exact) mass is 380 g/mol. The van der Waals surface area contributed by atoms with Gasteiger partial charge in [-0.05, 0) is 56.0 Å². The van der Waals surface area contributed by atoms with Gasteiger partial charge in [-0.3, -0.25) is 4.79 Å². The first kappa shape index (κ1) is 17.7. The van der Waals surface area contributed by atoms with Gasteiger partial charge in [0.1, 0.15) is 0 Å². The average molecular weight is 380 g/mol. The van der Waals surface area contributed by atoms with Crippen molar-refractivity contribution in [2.45, 2.75) is 47.9 Å². The maximum absolute atomic E-state index is 13.0. The minimum absolute atomic E-state index is 0.0644. The molecule has 1 amide bonds. The summed E-state index contributed by atoms with van der Waals surface area (Å²) in [6.07, 6.45) is 2.60. The summed E-state index contributed by atoms with van der Waals surface area (Å²) in [5.74, 6) is -0.102. The summed E-state index contributed by atoms with van der Waals surface area (Å²) in [4.78, 5) is 15.2. The van der Waals surface area contributed by atoms with Crippen LogP contribution in [-0.4, -0.2) is 36.6 Å². The van der Waals surface area contributed by atoms with Gasteiger partial charge in [-0.2, -0.15) is 5.26 Å². The number of nitriles is 1. The highest BCUT2D eigenvalue weighted by Crippen LogP contribution is 2.40. The number of rotatable bonds is 3. The Bertz CT molecular complexity index is 997. The van der Waals surface area contributed by atoms with Crippen molar-refractivity contribution < 1.29 is 13.2 Å². The SMILES string of the molecule is N#Cc1cccc(C(=O)N2C3CCC2CC(S(=O)(=O)c2ccccc2)C3)c1.